The summed E-state index contributed by atoms with van der Waals surface area (Å²) in [5.41, 5.74) is -1.34. The van der Waals surface area contributed by atoms with E-state index < -0.39 is 34.0 Å². The van der Waals surface area contributed by atoms with Crippen LogP contribution in [0.25, 0.3) is 0 Å². The van der Waals surface area contributed by atoms with Crippen molar-refractivity contribution < 1.29 is 23.2 Å². The molecule has 1 heterocycles. The molecule has 1 aliphatic rings. The molecule has 90 valence electrons. The van der Waals surface area contributed by atoms with Crippen LogP contribution in [0, 0.1) is 21.7 Å². The number of hydrogen-bond donors (Lipinski definition) is 0. The molecule has 0 unspecified atom stereocenters. The van der Waals surface area contributed by atoms with Gasteiger partial charge in [-0.3, -0.25) is 15.0 Å². The third-order valence-corrected chi connectivity index (χ3v) is 2.24. The number of nitro groups is 1. The van der Waals surface area contributed by atoms with Crippen molar-refractivity contribution in [2.45, 2.75) is 0 Å². The topological polar surface area (TPSA) is 72.7 Å². The van der Waals surface area contributed by atoms with E-state index in [0.717, 1.165) is 4.90 Å². The highest BCUT2D eigenvalue weighted by molar-refractivity contribution is 5.89. The predicted molar refractivity (Wildman–Crippen MR) is 51.7 cm³/mol. The molecule has 0 N–H and O–H groups in total. The molecule has 1 aromatic rings. The minimum absolute atomic E-state index is 0.00445. The Morgan fingerprint density at radius 1 is 1.35 bits per heavy atom. The lowest BCUT2D eigenvalue weighted by Crippen LogP contribution is -2.25. The van der Waals surface area contributed by atoms with Gasteiger partial charge in [0.2, 0.25) is 0 Å². The van der Waals surface area contributed by atoms with Crippen molar-refractivity contribution in [2.24, 2.45) is 0 Å². The number of amides is 1. The molecule has 1 aliphatic heterocycles. The third kappa shape index (κ3) is 1.88. The maximum Gasteiger partial charge on any atom is 0.414 e. The second kappa shape index (κ2) is 3.96. The fraction of sp³-hybridized carbons (Fsp3) is 0.222. The number of carbonyl (C=O) groups excluding carboxylic acids is 1. The standard InChI is InChI=1S/C9H6F2N2O4/c10-6-3-5(13(15)16)4-7(11)8(6)12-1-2-17-9(12)14/h3-4H,1-2H2. The number of halogens is 2. The van der Waals surface area contributed by atoms with Gasteiger partial charge in [0, 0.05) is 0 Å². The van der Waals surface area contributed by atoms with Gasteiger partial charge >= 0.3 is 6.09 Å². The van der Waals surface area contributed by atoms with Crippen molar-refractivity contribution >= 4 is 17.5 Å². The Bertz CT molecular complexity index is 483. The van der Waals surface area contributed by atoms with Crippen LogP contribution < -0.4 is 4.90 Å². The minimum atomic E-state index is -1.17. The zero-order valence-corrected chi connectivity index (χ0v) is 8.35. The van der Waals surface area contributed by atoms with Crippen molar-refractivity contribution in [1.29, 1.82) is 0 Å². The number of nitro benzene ring substituents is 1. The minimum Gasteiger partial charge on any atom is -0.447 e. The molecule has 0 atom stereocenters. The molecule has 0 bridgehead atoms. The fourth-order valence-electron chi connectivity index (χ4n) is 1.51. The zero-order valence-electron chi connectivity index (χ0n) is 8.35. The van der Waals surface area contributed by atoms with Crippen LogP contribution in [0.3, 0.4) is 0 Å². The van der Waals surface area contributed by atoms with E-state index >= 15 is 0 Å². The van der Waals surface area contributed by atoms with Gasteiger partial charge in [-0.1, -0.05) is 0 Å². The highest BCUT2D eigenvalue weighted by Gasteiger charge is 2.30. The molecule has 1 fully saturated rings. The van der Waals surface area contributed by atoms with E-state index in [-0.39, 0.29) is 13.2 Å². The first-order valence-electron chi connectivity index (χ1n) is 4.58. The number of nitrogens with zero attached hydrogens (tertiary/aromatic N) is 2. The van der Waals surface area contributed by atoms with Crippen molar-refractivity contribution in [3.8, 4) is 0 Å². The zero-order chi connectivity index (χ0) is 12.6. The van der Waals surface area contributed by atoms with Gasteiger partial charge in [0.25, 0.3) is 5.69 Å². The Kier molecular flexibility index (Phi) is 2.62. The lowest BCUT2D eigenvalue weighted by Gasteiger charge is -2.14. The van der Waals surface area contributed by atoms with Gasteiger partial charge in [-0.2, -0.15) is 0 Å². The largest absolute Gasteiger partial charge is 0.447 e. The fourth-order valence-corrected chi connectivity index (χ4v) is 1.51. The number of rotatable bonds is 2. The summed E-state index contributed by atoms with van der Waals surface area (Å²) in [6, 6.07) is 1.12. The Morgan fingerprint density at radius 2 is 1.94 bits per heavy atom. The summed E-state index contributed by atoms with van der Waals surface area (Å²) < 4.78 is 31.5. The monoisotopic (exact) mass is 244 g/mol. The summed E-state index contributed by atoms with van der Waals surface area (Å²) >= 11 is 0. The first-order valence-corrected chi connectivity index (χ1v) is 4.58. The number of non-ortho nitro benzene ring substituents is 1. The van der Waals surface area contributed by atoms with E-state index in [9.17, 15) is 23.7 Å². The molecule has 0 radical (unpaired) electrons. The smallest absolute Gasteiger partial charge is 0.414 e. The Balaban J connectivity index is 2.48. The van der Waals surface area contributed by atoms with Crippen molar-refractivity contribution in [3.05, 3.63) is 33.9 Å². The molecule has 6 nitrogen and oxygen atoms in total. The first kappa shape index (κ1) is 11.2. The van der Waals surface area contributed by atoms with Gasteiger partial charge in [-0.15, -0.1) is 0 Å². The molecule has 2 rings (SSSR count). The molecule has 1 amide bonds. The van der Waals surface area contributed by atoms with Crippen LogP contribution in [-0.4, -0.2) is 24.2 Å². The van der Waals surface area contributed by atoms with Crippen LogP contribution in [-0.2, 0) is 4.74 Å². The van der Waals surface area contributed by atoms with Crippen molar-refractivity contribution in [1.82, 2.24) is 0 Å². The number of cyclic esters (lactones) is 1. The molecular formula is C9H6F2N2O4. The summed E-state index contributed by atoms with van der Waals surface area (Å²) in [6.45, 7) is 0.0270. The molecule has 0 spiro atoms. The summed E-state index contributed by atoms with van der Waals surface area (Å²) in [6.07, 6.45) is -0.878. The average molecular weight is 244 g/mol. The SMILES string of the molecule is O=C1OCCN1c1c(F)cc([N+](=O)[O-])cc1F. The van der Waals surface area contributed by atoms with Gasteiger partial charge in [0.1, 0.15) is 12.3 Å². The van der Waals surface area contributed by atoms with E-state index in [1.807, 2.05) is 0 Å². The highest BCUT2D eigenvalue weighted by Crippen LogP contribution is 2.29. The molecule has 1 saturated heterocycles. The summed E-state index contributed by atoms with van der Waals surface area (Å²) in [5.74, 6) is -2.34. The van der Waals surface area contributed by atoms with Gasteiger partial charge in [-0.05, 0) is 0 Å². The normalized spacial score (nSPS) is 14.9. The van der Waals surface area contributed by atoms with E-state index in [1.165, 1.54) is 0 Å². The summed E-state index contributed by atoms with van der Waals surface area (Å²) in [5, 5.41) is 10.4. The van der Waals surface area contributed by atoms with Gasteiger partial charge in [-0.25, -0.2) is 13.6 Å². The maximum absolute atomic E-state index is 13.5. The van der Waals surface area contributed by atoms with Crippen LogP contribution in [0.4, 0.5) is 25.0 Å². The number of ether oxygens (including phenoxy) is 1. The van der Waals surface area contributed by atoms with E-state index in [2.05, 4.69) is 4.74 Å². The number of anilines is 1. The summed E-state index contributed by atoms with van der Waals surface area (Å²) in [4.78, 5) is 21.3. The second-order valence-electron chi connectivity index (χ2n) is 3.28. The predicted octanol–water partition coefficient (Wildman–Crippen LogP) is 1.83. The molecular weight excluding hydrogens is 238 g/mol. The Hall–Kier alpha value is -2.25. The lowest BCUT2D eigenvalue weighted by atomic mass is 10.2. The Labute approximate surface area is 93.5 Å². The average Bonchev–Trinajstić information content (AvgIpc) is 2.64. The second-order valence-corrected chi connectivity index (χ2v) is 3.28. The quantitative estimate of drug-likeness (QED) is 0.587. The van der Waals surface area contributed by atoms with Crippen LogP contribution in [0.2, 0.25) is 0 Å². The van der Waals surface area contributed by atoms with E-state index in [4.69, 9.17) is 0 Å². The molecule has 0 saturated carbocycles. The van der Waals surface area contributed by atoms with Gasteiger partial charge in [0.05, 0.1) is 23.6 Å². The number of benzene rings is 1. The number of hydrogen-bond acceptors (Lipinski definition) is 4. The van der Waals surface area contributed by atoms with Crippen LogP contribution in [0.15, 0.2) is 12.1 Å². The summed E-state index contributed by atoms with van der Waals surface area (Å²) in [7, 11) is 0. The number of carbonyl (C=O) groups is 1. The molecule has 8 heteroatoms. The van der Waals surface area contributed by atoms with Crippen LogP contribution in [0.1, 0.15) is 0 Å². The van der Waals surface area contributed by atoms with Crippen LogP contribution >= 0.6 is 0 Å². The van der Waals surface area contributed by atoms with E-state index in [0.29, 0.717) is 12.1 Å². The van der Waals surface area contributed by atoms with Crippen molar-refractivity contribution in [2.75, 3.05) is 18.1 Å². The molecule has 1 aromatic carbocycles. The molecule has 17 heavy (non-hydrogen) atoms. The maximum atomic E-state index is 13.5. The molecule has 0 aromatic heterocycles. The Morgan fingerprint density at radius 3 is 2.35 bits per heavy atom. The van der Waals surface area contributed by atoms with Crippen molar-refractivity contribution in [3.63, 3.8) is 0 Å². The van der Waals surface area contributed by atoms with Gasteiger partial charge in [0.15, 0.2) is 11.6 Å². The third-order valence-electron chi connectivity index (χ3n) is 2.24. The van der Waals surface area contributed by atoms with Crippen LogP contribution in [0.5, 0.6) is 0 Å². The molecule has 0 aliphatic carbocycles. The van der Waals surface area contributed by atoms with E-state index in [1.54, 1.807) is 0 Å². The first-order chi connectivity index (χ1) is 8.00. The highest BCUT2D eigenvalue weighted by atomic mass is 19.1. The van der Waals surface area contributed by atoms with Gasteiger partial charge < -0.3 is 4.74 Å². The lowest BCUT2D eigenvalue weighted by molar-refractivity contribution is -0.385.